The second-order valence-corrected chi connectivity index (χ2v) is 5.96. The van der Waals surface area contributed by atoms with Crippen LogP contribution in [0.2, 0.25) is 5.02 Å². The van der Waals surface area contributed by atoms with Crippen LogP contribution in [0.4, 0.5) is 11.4 Å². The summed E-state index contributed by atoms with van der Waals surface area (Å²) in [4.78, 5) is 39.2. The highest BCUT2D eigenvalue weighted by atomic mass is 35.5. The van der Waals surface area contributed by atoms with Crippen molar-refractivity contribution in [3.63, 3.8) is 0 Å². The highest BCUT2D eigenvalue weighted by molar-refractivity contribution is 6.34. The van der Waals surface area contributed by atoms with E-state index in [1.165, 1.54) is 42.0 Å². The van der Waals surface area contributed by atoms with Crippen molar-refractivity contribution < 1.29 is 19.1 Å². The van der Waals surface area contributed by atoms with Crippen LogP contribution in [0, 0.1) is 0 Å². The number of ether oxygens (including phenoxy) is 1. The third-order valence-corrected chi connectivity index (χ3v) is 4.17. The highest BCUT2D eigenvalue weighted by Crippen LogP contribution is 2.28. The van der Waals surface area contributed by atoms with Crippen molar-refractivity contribution in [3.8, 4) is 0 Å². The lowest BCUT2D eigenvalue weighted by atomic mass is 10.1. The van der Waals surface area contributed by atoms with Crippen molar-refractivity contribution in [1.82, 2.24) is 0 Å². The van der Waals surface area contributed by atoms with Gasteiger partial charge in [-0.15, -0.1) is 0 Å². The van der Waals surface area contributed by atoms with Crippen LogP contribution in [0.15, 0.2) is 48.5 Å². The molecule has 0 unspecified atom stereocenters. The molecule has 0 radical (unpaired) electrons. The molecule has 2 aromatic carbocycles. The Hall–Kier alpha value is -2.86. The van der Waals surface area contributed by atoms with Gasteiger partial charge in [0.25, 0.3) is 0 Å². The monoisotopic (exact) mass is 374 g/mol. The first-order chi connectivity index (χ1) is 12.3. The van der Waals surface area contributed by atoms with Crippen LogP contribution in [0.1, 0.15) is 17.3 Å². The van der Waals surface area contributed by atoms with Gasteiger partial charge in [0, 0.05) is 19.7 Å². The molecule has 0 heterocycles. The fourth-order valence-corrected chi connectivity index (χ4v) is 2.59. The van der Waals surface area contributed by atoms with Crippen molar-refractivity contribution in [2.45, 2.75) is 6.92 Å². The fraction of sp³-hybridized carbons (Fsp3) is 0.211. The molecule has 0 saturated heterocycles. The Labute approximate surface area is 156 Å². The van der Waals surface area contributed by atoms with Crippen LogP contribution in [-0.4, -0.2) is 38.5 Å². The molecule has 0 aliphatic heterocycles. The van der Waals surface area contributed by atoms with Crippen molar-refractivity contribution in [3.05, 3.63) is 59.1 Å². The van der Waals surface area contributed by atoms with Crippen molar-refractivity contribution >= 4 is 40.8 Å². The Morgan fingerprint density at radius 1 is 1.08 bits per heavy atom. The second kappa shape index (κ2) is 8.49. The number of anilines is 2. The van der Waals surface area contributed by atoms with E-state index in [9.17, 15) is 14.4 Å². The molecule has 0 atom stereocenters. The van der Waals surface area contributed by atoms with E-state index in [4.69, 9.17) is 11.6 Å². The van der Waals surface area contributed by atoms with E-state index in [0.717, 1.165) is 0 Å². The van der Waals surface area contributed by atoms with Gasteiger partial charge in [0.15, 0.2) is 0 Å². The van der Waals surface area contributed by atoms with Crippen LogP contribution in [0.25, 0.3) is 0 Å². The fourth-order valence-electron chi connectivity index (χ4n) is 2.37. The number of nitrogens with zero attached hydrogens (tertiary/aromatic N) is 2. The van der Waals surface area contributed by atoms with Gasteiger partial charge >= 0.3 is 5.97 Å². The molecule has 6 nitrogen and oxygen atoms in total. The van der Waals surface area contributed by atoms with Crippen LogP contribution >= 0.6 is 11.6 Å². The predicted molar refractivity (Wildman–Crippen MR) is 101 cm³/mol. The molecule has 0 fully saturated rings. The normalized spacial score (nSPS) is 10.2. The molecule has 2 aromatic rings. The van der Waals surface area contributed by atoms with Gasteiger partial charge in [-0.05, 0) is 30.3 Å². The smallest absolute Gasteiger partial charge is 0.337 e. The number of benzene rings is 2. The number of carbonyl (C=O) groups excluding carboxylic acids is 3. The minimum Gasteiger partial charge on any atom is -0.465 e. The summed E-state index contributed by atoms with van der Waals surface area (Å²) in [5, 5.41) is 0.253. The van der Waals surface area contributed by atoms with E-state index < -0.39 is 5.97 Å². The Morgan fingerprint density at radius 3 is 2.31 bits per heavy atom. The molecule has 26 heavy (non-hydrogen) atoms. The molecule has 0 aromatic heterocycles. The first-order valence-corrected chi connectivity index (χ1v) is 8.20. The Bertz CT molecular complexity index is 824. The number of hydrogen-bond donors (Lipinski definition) is 0. The third-order valence-electron chi connectivity index (χ3n) is 3.85. The summed E-state index contributed by atoms with van der Waals surface area (Å²) in [7, 11) is 2.89. The van der Waals surface area contributed by atoms with Gasteiger partial charge in [-0.25, -0.2) is 4.79 Å². The van der Waals surface area contributed by atoms with Crippen molar-refractivity contribution in [2.75, 3.05) is 30.5 Å². The maximum atomic E-state index is 12.6. The van der Waals surface area contributed by atoms with E-state index in [1.807, 2.05) is 18.2 Å². The summed E-state index contributed by atoms with van der Waals surface area (Å²) >= 11 is 6.19. The number of carbonyl (C=O) groups is 3. The molecule has 2 rings (SSSR count). The van der Waals surface area contributed by atoms with Gasteiger partial charge in [-0.1, -0.05) is 29.8 Å². The van der Waals surface area contributed by atoms with Gasteiger partial charge in [-0.2, -0.15) is 0 Å². The zero-order chi connectivity index (χ0) is 19.3. The number of amides is 2. The Morgan fingerprint density at radius 2 is 1.73 bits per heavy atom. The average Bonchev–Trinajstić information content (AvgIpc) is 2.65. The second-order valence-electron chi connectivity index (χ2n) is 5.55. The molecule has 136 valence electrons. The first-order valence-electron chi connectivity index (χ1n) is 7.82. The van der Waals surface area contributed by atoms with Crippen molar-refractivity contribution in [2.24, 2.45) is 0 Å². The minimum absolute atomic E-state index is 0.217. The largest absolute Gasteiger partial charge is 0.465 e. The van der Waals surface area contributed by atoms with Gasteiger partial charge in [0.1, 0.15) is 6.54 Å². The number of hydrogen-bond acceptors (Lipinski definition) is 4. The summed E-state index contributed by atoms with van der Waals surface area (Å²) in [5.74, 6) is -1.23. The molecule has 0 aliphatic rings. The van der Waals surface area contributed by atoms with E-state index in [-0.39, 0.29) is 34.6 Å². The van der Waals surface area contributed by atoms with Gasteiger partial charge in [0.2, 0.25) is 11.8 Å². The number of halogens is 1. The third kappa shape index (κ3) is 4.40. The lowest BCUT2D eigenvalue weighted by molar-refractivity contribution is -0.121. The number of likely N-dealkylation sites (N-methyl/N-ethyl adjacent to an activating group) is 1. The molecular weight excluding hydrogens is 356 g/mol. The molecule has 0 bridgehead atoms. The Balaban J connectivity index is 2.31. The number of methoxy groups -OCH3 is 1. The molecule has 0 aliphatic carbocycles. The van der Waals surface area contributed by atoms with Crippen molar-refractivity contribution in [1.29, 1.82) is 0 Å². The minimum atomic E-state index is -0.556. The lowest BCUT2D eigenvalue weighted by Gasteiger charge is -2.25. The Kier molecular flexibility index (Phi) is 6.36. The van der Waals surface area contributed by atoms with Gasteiger partial charge in [-0.3, -0.25) is 9.59 Å². The number of rotatable bonds is 5. The van der Waals surface area contributed by atoms with Crippen LogP contribution in [-0.2, 0) is 14.3 Å². The maximum absolute atomic E-state index is 12.6. The highest BCUT2D eigenvalue weighted by Gasteiger charge is 2.22. The number of para-hydroxylation sites is 1. The van der Waals surface area contributed by atoms with E-state index in [0.29, 0.717) is 5.69 Å². The van der Waals surface area contributed by atoms with E-state index in [1.54, 1.807) is 19.2 Å². The molecule has 0 saturated carbocycles. The van der Waals surface area contributed by atoms with Crippen LogP contribution < -0.4 is 9.80 Å². The van der Waals surface area contributed by atoms with E-state index in [2.05, 4.69) is 4.74 Å². The lowest BCUT2D eigenvalue weighted by Crippen LogP contribution is -2.41. The quantitative estimate of drug-likeness (QED) is 0.754. The summed E-state index contributed by atoms with van der Waals surface area (Å²) in [5.41, 5.74) is 1.22. The molecule has 2 amide bonds. The van der Waals surface area contributed by atoms with E-state index >= 15 is 0 Å². The summed E-state index contributed by atoms with van der Waals surface area (Å²) < 4.78 is 4.69. The topological polar surface area (TPSA) is 66.9 Å². The molecule has 0 N–H and O–H groups in total. The number of esters is 1. The van der Waals surface area contributed by atoms with Gasteiger partial charge in [0.05, 0.1) is 23.4 Å². The molecule has 0 spiro atoms. The predicted octanol–water partition coefficient (Wildman–Crippen LogP) is 3.14. The standard InChI is InChI=1S/C19H19ClN2O4/c1-13(23)22(12-18(24)21(2)15-7-5-4-6-8-15)17-11-14(19(25)26-3)9-10-16(17)20/h4-11H,12H2,1-3H3. The molecular formula is C19H19ClN2O4. The van der Waals surface area contributed by atoms with Crippen LogP contribution in [0.5, 0.6) is 0 Å². The first kappa shape index (κ1) is 19.5. The average molecular weight is 375 g/mol. The van der Waals surface area contributed by atoms with Crippen LogP contribution in [0.3, 0.4) is 0 Å². The SMILES string of the molecule is COC(=O)c1ccc(Cl)c(N(CC(=O)N(C)c2ccccc2)C(C)=O)c1. The molecule has 7 heteroatoms. The summed E-state index contributed by atoms with van der Waals surface area (Å²) in [6.45, 7) is 1.11. The summed E-state index contributed by atoms with van der Waals surface area (Å²) in [6, 6.07) is 13.5. The zero-order valence-electron chi connectivity index (χ0n) is 14.7. The maximum Gasteiger partial charge on any atom is 0.337 e. The summed E-state index contributed by atoms with van der Waals surface area (Å²) in [6.07, 6.45) is 0. The van der Waals surface area contributed by atoms with Gasteiger partial charge < -0.3 is 14.5 Å². The zero-order valence-corrected chi connectivity index (χ0v) is 15.5.